The molecule has 1 amide bonds. The van der Waals surface area contributed by atoms with E-state index in [1.165, 1.54) is 47.9 Å². The van der Waals surface area contributed by atoms with E-state index in [-0.39, 0.29) is 23.4 Å². The molecule has 36 heavy (non-hydrogen) atoms. The number of allylic oxidation sites excluding steroid dienone is 3. The van der Waals surface area contributed by atoms with Crippen LogP contribution in [0.2, 0.25) is 0 Å². The molecule has 3 aliphatic rings. The lowest BCUT2D eigenvalue weighted by Gasteiger charge is -2.16. The molecule has 1 aromatic rings. The number of Topliss-reactive ketones (excluding diaryl/α,β-unsaturated/α-hetero) is 2. The number of hydrogen-bond donors (Lipinski definition) is 1. The predicted octanol–water partition coefficient (Wildman–Crippen LogP) is 7.55. The summed E-state index contributed by atoms with van der Waals surface area (Å²) in [5.41, 5.74) is 3.62. The van der Waals surface area contributed by atoms with Gasteiger partial charge in [0.2, 0.25) is 0 Å². The van der Waals surface area contributed by atoms with Crippen LogP contribution in [0.15, 0.2) is 51.3 Å². The molecule has 0 aromatic heterocycles. The summed E-state index contributed by atoms with van der Waals surface area (Å²) >= 11 is 3.36. The van der Waals surface area contributed by atoms with E-state index >= 15 is 0 Å². The maximum Gasteiger partial charge on any atom is 0.256 e. The largest absolute Gasteiger partial charge is 0.317 e. The van der Waals surface area contributed by atoms with Gasteiger partial charge in [0, 0.05) is 28.6 Å². The molecule has 192 valence electrons. The quantitative estimate of drug-likeness (QED) is 0.287. The molecular formula is C30H37NO3S2. The van der Waals surface area contributed by atoms with Crippen molar-refractivity contribution in [1.82, 2.24) is 5.32 Å². The molecule has 3 aliphatic carbocycles. The maximum absolute atomic E-state index is 13.7. The van der Waals surface area contributed by atoms with Crippen LogP contribution in [0.3, 0.4) is 0 Å². The Morgan fingerprint density at radius 1 is 1.11 bits per heavy atom. The van der Waals surface area contributed by atoms with Crippen molar-refractivity contribution >= 4 is 46.6 Å². The summed E-state index contributed by atoms with van der Waals surface area (Å²) in [7, 11) is 0. The van der Waals surface area contributed by atoms with Crippen molar-refractivity contribution in [1.29, 1.82) is 0 Å². The Morgan fingerprint density at radius 3 is 2.50 bits per heavy atom. The Hall–Kier alpha value is -2.05. The molecule has 0 spiro atoms. The van der Waals surface area contributed by atoms with Crippen LogP contribution in [-0.2, 0) is 14.4 Å². The SMILES string of the molecule is CCC/C=C(\NC(=O)/C(=C/[C@H]1CCC(=O)C1)c1ccc(SC2CC2)c(C2CC2)c1)S/C=C(\C)C(C)=O. The average molecular weight is 524 g/mol. The molecule has 1 atom stereocenters. The highest BCUT2D eigenvalue weighted by Crippen LogP contribution is 2.48. The minimum absolute atomic E-state index is 0.0203. The first-order chi connectivity index (χ1) is 17.3. The van der Waals surface area contributed by atoms with E-state index in [0.29, 0.717) is 29.9 Å². The first kappa shape index (κ1) is 27.0. The number of carbonyl (C=O) groups is 3. The summed E-state index contributed by atoms with van der Waals surface area (Å²) in [5.74, 6) is 0.835. The van der Waals surface area contributed by atoms with Crippen molar-refractivity contribution in [2.45, 2.75) is 94.6 Å². The van der Waals surface area contributed by atoms with E-state index in [2.05, 4.69) is 30.4 Å². The smallest absolute Gasteiger partial charge is 0.256 e. The zero-order valence-corrected chi connectivity index (χ0v) is 23.2. The van der Waals surface area contributed by atoms with Gasteiger partial charge in [-0.05, 0) is 98.4 Å². The van der Waals surface area contributed by atoms with Gasteiger partial charge in [-0.1, -0.05) is 43.3 Å². The summed E-state index contributed by atoms with van der Waals surface area (Å²) in [5, 5.41) is 6.40. The maximum atomic E-state index is 13.7. The first-order valence-electron chi connectivity index (χ1n) is 13.2. The van der Waals surface area contributed by atoms with Gasteiger partial charge in [-0.2, -0.15) is 0 Å². The number of thioether (sulfide) groups is 2. The summed E-state index contributed by atoms with van der Waals surface area (Å²) in [6, 6.07) is 6.52. The highest BCUT2D eigenvalue weighted by atomic mass is 32.2. The number of nitrogens with one attached hydrogen (secondary N) is 1. The normalized spacial score (nSPS) is 21.1. The van der Waals surface area contributed by atoms with Gasteiger partial charge in [-0.25, -0.2) is 0 Å². The standard InChI is InChI=1S/C30H37NO3S2/c1-4-5-6-29(35-18-19(2)20(3)32)31-30(34)27(16-21-7-11-24(33)15-21)23-10-14-28(36-25-12-13-25)26(17-23)22-8-9-22/h6,10,14,16-18,21-22,25H,4-5,7-9,11-13,15H2,1-3H3,(H,31,34)/b19-18+,27-16+,29-6+/t21-/m0/s1. The van der Waals surface area contributed by atoms with Crippen LogP contribution in [0.1, 0.15) is 95.6 Å². The highest BCUT2D eigenvalue weighted by Gasteiger charge is 2.31. The number of carbonyl (C=O) groups excluding carboxylic acids is 3. The highest BCUT2D eigenvalue weighted by molar-refractivity contribution is 8.05. The summed E-state index contributed by atoms with van der Waals surface area (Å²) in [6.07, 6.45) is 12.8. The number of ketones is 2. The molecule has 0 heterocycles. The van der Waals surface area contributed by atoms with Gasteiger partial charge in [0.1, 0.15) is 5.78 Å². The molecule has 0 aliphatic heterocycles. The fourth-order valence-electron chi connectivity index (χ4n) is 4.24. The Balaban J connectivity index is 1.62. The third kappa shape index (κ3) is 7.72. The summed E-state index contributed by atoms with van der Waals surface area (Å²) in [4.78, 5) is 38.7. The van der Waals surface area contributed by atoms with E-state index in [4.69, 9.17) is 0 Å². The lowest BCUT2D eigenvalue weighted by Crippen LogP contribution is -2.23. The van der Waals surface area contributed by atoms with E-state index in [0.717, 1.165) is 35.1 Å². The van der Waals surface area contributed by atoms with Crippen molar-refractivity contribution < 1.29 is 14.4 Å². The average Bonchev–Trinajstić information content (AvgIpc) is 3.79. The second-order valence-corrected chi connectivity index (χ2v) is 12.5. The molecule has 4 nitrogen and oxygen atoms in total. The Labute approximate surface area is 223 Å². The molecule has 6 heteroatoms. The number of rotatable bonds is 12. The zero-order chi connectivity index (χ0) is 25.7. The lowest BCUT2D eigenvalue weighted by molar-refractivity contribution is -0.117. The van der Waals surface area contributed by atoms with Gasteiger partial charge in [0.15, 0.2) is 5.78 Å². The Morgan fingerprint density at radius 2 is 1.89 bits per heavy atom. The third-order valence-electron chi connectivity index (χ3n) is 6.86. The monoisotopic (exact) mass is 523 g/mol. The number of unbranched alkanes of at least 4 members (excludes halogenated alkanes) is 1. The van der Waals surface area contributed by atoms with Crippen LogP contribution in [0.5, 0.6) is 0 Å². The molecule has 0 bridgehead atoms. The van der Waals surface area contributed by atoms with Gasteiger partial charge in [0.05, 0.1) is 5.03 Å². The molecule has 0 unspecified atom stereocenters. The summed E-state index contributed by atoms with van der Waals surface area (Å²) in [6.45, 7) is 5.44. The van der Waals surface area contributed by atoms with Crippen LogP contribution < -0.4 is 5.32 Å². The summed E-state index contributed by atoms with van der Waals surface area (Å²) < 4.78 is 0. The van der Waals surface area contributed by atoms with Crippen molar-refractivity contribution in [3.8, 4) is 0 Å². The first-order valence-corrected chi connectivity index (χ1v) is 15.0. The van der Waals surface area contributed by atoms with E-state index in [1.807, 2.05) is 23.9 Å². The van der Waals surface area contributed by atoms with Crippen LogP contribution in [0.25, 0.3) is 5.57 Å². The van der Waals surface area contributed by atoms with Crippen molar-refractivity contribution in [2.24, 2.45) is 5.92 Å². The van der Waals surface area contributed by atoms with Gasteiger partial charge >= 0.3 is 0 Å². The molecular weight excluding hydrogens is 486 g/mol. The molecule has 0 radical (unpaired) electrons. The molecule has 3 saturated carbocycles. The lowest BCUT2D eigenvalue weighted by atomic mass is 9.96. The molecule has 3 fully saturated rings. The topological polar surface area (TPSA) is 63.2 Å². The third-order valence-corrected chi connectivity index (χ3v) is 9.28. The second kappa shape index (κ2) is 12.5. The van der Waals surface area contributed by atoms with E-state index < -0.39 is 0 Å². The Kier molecular flexibility index (Phi) is 9.35. The minimum Gasteiger partial charge on any atom is -0.317 e. The van der Waals surface area contributed by atoms with Crippen molar-refractivity contribution in [3.05, 3.63) is 57.5 Å². The van der Waals surface area contributed by atoms with Gasteiger partial charge in [-0.3, -0.25) is 14.4 Å². The van der Waals surface area contributed by atoms with Crippen molar-refractivity contribution in [3.63, 3.8) is 0 Å². The molecule has 1 N–H and O–H groups in total. The van der Waals surface area contributed by atoms with E-state index in [9.17, 15) is 14.4 Å². The number of amides is 1. The Bertz CT molecular complexity index is 1110. The van der Waals surface area contributed by atoms with Crippen LogP contribution >= 0.6 is 23.5 Å². The molecule has 4 rings (SSSR count). The second-order valence-electron chi connectivity index (χ2n) is 10.3. The fraction of sp³-hybridized carbons (Fsp3) is 0.500. The number of hydrogen-bond acceptors (Lipinski definition) is 5. The fourth-order valence-corrected chi connectivity index (χ4v) is 6.32. The number of benzene rings is 1. The molecule has 1 aromatic carbocycles. The molecule has 0 saturated heterocycles. The van der Waals surface area contributed by atoms with Gasteiger partial charge in [-0.15, -0.1) is 11.8 Å². The van der Waals surface area contributed by atoms with Crippen LogP contribution in [0.4, 0.5) is 0 Å². The van der Waals surface area contributed by atoms with Crippen molar-refractivity contribution in [2.75, 3.05) is 0 Å². The van der Waals surface area contributed by atoms with Gasteiger partial charge in [0.25, 0.3) is 5.91 Å². The van der Waals surface area contributed by atoms with Crippen LogP contribution in [-0.4, -0.2) is 22.7 Å². The minimum atomic E-state index is -0.151. The zero-order valence-electron chi connectivity index (χ0n) is 21.6. The van der Waals surface area contributed by atoms with Gasteiger partial charge < -0.3 is 5.32 Å². The van der Waals surface area contributed by atoms with E-state index in [1.54, 1.807) is 19.3 Å². The van der Waals surface area contributed by atoms with Crippen LogP contribution in [0, 0.1) is 5.92 Å². The predicted molar refractivity (Wildman–Crippen MR) is 151 cm³/mol.